The van der Waals surface area contributed by atoms with Crippen molar-refractivity contribution < 1.29 is 0 Å². The summed E-state index contributed by atoms with van der Waals surface area (Å²) in [5.41, 5.74) is 21.0. The van der Waals surface area contributed by atoms with E-state index < -0.39 is 0 Å². The number of fused-ring (bicyclic) bond motifs is 7. The Bertz CT molecular complexity index is 2870. The van der Waals surface area contributed by atoms with Gasteiger partial charge in [0.2, 0.25) is 0 Å². The number of anilines is 3. The van der Waals surface area contributed by atoms with Gasteiger partial charge in [0, 0.05) is 44.4 Å². The summed E-state index contributed by atoms with van der Waals surface area (Å²) in [7, 11) is 0. The number of benzene rings is 6. The van der Waals surface area contributed by atoms with Crippen LogP contribution >= 0.6 is 0 Å². The Labute approximate surface area is 346 Å². The number of hydrogen-bond acceptors (Lipinski definition) is 2. The SMILES string of the molecule is Cc1c(-c2ccc(C#N)cc2)cc2c3c1-c1cc(C(C)(C)C)cc4c5cc(C(C)(C)C)ccc5n(c14)B3c1cc(C(C)(C)C)ccc1N2c1ccc(C(C)(C)C)cc1. The second-order valence-electron chi connectivity index (χ2n) is 21.1. The Morgan fingerprint density at radius 1 is 0.534 bits per heavy atom. The van der Waals surface area contributed by atoms with Gasteiger partial charge in [0.1, 0.15) is 0 Å². The van der Waals surface area contributed by atoms with Crippen molar-refractivity contribution >= 4 is 56.6 Å². The third-order valence-corrected chi connectivity index (χ3v) is 13.0. The van der Waals surface area contributed by atoms with E-state index in [1.165, 1.54) is 88.6 Å². The highest BCUT2D eigenvalue weighted by molar-refractivity contribution is 6.90. The molecule has 3 heterocycles. The summed E-state index contributed by atoms with van der Waals surface area (Å²) in [6, 6.07) is 41.7. The molecule has 4 heteroatoms. The molecule has 0 saturated carbocycles. The predicted octanol–water partition coefficient (Wildman–Crippen LogP) is 13.2. The monoisotopic (exact) mass is 757 g/mol. The standard InChI is InChI=1S/C54H56BN3/c1-32-40(34-16-14-33(31-56)15-17-34)30-47-49-48(32)43-28-38(54(11,12)13)27-42-41-26-36(52(5,6)7)20-24-45(41)58(50(42)43)55(49)44-29-37(53(8,9)10)21-25-46(44)57(47)39-22-18-35(19-23-39)51(2,3)4/h14-30H,1-13H3. The maximum Gasteiger partial charge on any atom is 0.333 e. The van der Waals surface area contributed by atoms with Crippen molar-refractivity contribution in [1.29, 1.82) is 5.26 Å². The highest BCUT2D eigenvalue weighted by Crippen LogP contribution is 2.50. The Kier molecular flexibility index (Phi) is 8.19. The average Bonchev–Trinajstić information content (AvgIpc) is 3.49. The Balaban J connectivity index is 1.49. The van der Waals surface area contributed by atoms with Gasteiger partial charge >= 0.3 is 6.85 Å². The Morgan fingerprint density at radius 2 is 1.10 bits per heavy atom. The normalized spacial score (nSPS) is 13.9. The first kappa shape index (κ1) is 38.0. The van der Waals surface area contributed by atoms with Gasteiger partial charge in [-0.3, -0.25) is 0 Å². The van der Waals surface area contributed by atoms with Gasteiger partial charge in [-0.15, -0.1) is 0 Å². The van der Waals surface area contributed by atoms with E-state index in [2.05, 4.69) is 196 Å². The van der Waals surface area contributed by atoms with Crippen molar-refractivity contribution in [2.24, 2.45) is 0 Å². The molecule has 0 fully saturated rings. The minimum absolute atomic E-state index is 0.0120. The summed E-state index contributed by atoms with van der Waals surface area (Å²) >= 11 is 0. The molecule has 0 atom stereocenters. The van der Waals surface area contributed by atoms with Crippen LogP contribution in [0.1, 0.15) is 116 Å². The van der Waals surface area contributed by atoms with E-state index in [0.717, 1.165) is 11.3 Å². The summed E-state index contributed by atoms with van der Waals surface area (Å²) in [6.07, 6.45) is 0. The maximum atomic E-state index is 9.76. The lowest BCUT2D eigenvalue weighted by Crippen LogP contribution is -2.57. The maximum absolute atomic E-state index is 9.76. The van der Waals surface area contributed by atoms with E-state index in [9.17, 15) is 5.26 Å². The fourth-order valence-electron chi connectivity index (χ4n) is 9.55. The van der Waals surface area contributed by atoms with Crippen molar-refractivity contribution in [3.8, 4) is 28.3 Å². The third kappa shape index (κ3) is 5.76. The van der Waals surface area contributed by atoms with E-state index in [1.807, 2.05) is 12.1 Å². The molecule has 0 aliphatic carbocycles. The molecule has 290 valence electrons. The van der Waals surface area contributed by atoms with Crippen LogP contribution in [0.5, 0.6) is 0 Å². The number of nitrogens with zero attached hydrogens (tertiary/aromatic N) is 3. The molecule has 7 aromatic rings. The molecule has 0 bridgehead atoms. The van der Waals surface area contributed by atoms with Crippen LogP contribution in [0.3, 0.4) is 0 Å². The molecule has 0 N–H and O–H groups in total. The van der Waals surface area contributed by atoms with Crippen molar-refractivity contribution in [3.05, 3.63) is 137 Å². The molecule has 3 nitrogen and oxygen atoms in total. The molecule has 0 saturated heterocycles. The quantitative estimate of drug-likeness (QED) is 0.165. The van der Waals surface area contributed by atoms with Gasteiger partial charge in [-0.1, -0.05) is 126 Å². The minimum atomic E-state index is -0.0641. The molecular weight excluding hydrogens is 701 g/mol. The summed E-state index contributed by atoms with van der Waals surface area (Å²) in [5.74, 6) is 0. The molecular formula is C54H56BN3. The number of hydrogen-bond donors (Lipinski definition) is 0. The zero-order valence-electron chi connectivity index (χ0n) is 36.7. The Hall–Kier alpha value is -5.53. The van der Waals surface area contributed by atoms with Crippen molar-refractivity contribution in [2.45, 2.75) is 112 Å². The van der Waals surface area contributed by atoms with Crippen LogP contribution in [0.15, 0.2) is 103 Å². The van der Waals surface area contributed by atoms with Crippen LogP contribution in [0.2, 0.25) is 0 Å². The second-order valence-corrected chi connectivity index (χ2v) is 21.1. The zero-order chi connectivity index (χ0) is 41.4. The van der Waals surface area contributed by atoms with Crippen LogP contribution in [0, 0.1) is 18.3 Å². The van der Waals surface area contributed by atoms with Crippen LogP contribution in [-0.2, 0) is 21.7 Å². The van der Waals surface area contributed by atoms with Gasteiger partial charge in [0.05, 0.1) is 11.6 Å². The van der Waals surface area contributed by atoms with E-state index in [4.69, 9.17) is 0 Å². The first-order valence-electron chi connectivity index (χ1n) is 21.0. The van der Waals surface area contributed by atoms with Crippen LogP contribution in [-0.4, -0.2) is 11.3 Å². The number of rotatable bonds is 2. The lowest BCUT2D eigenvalue weighted by atomic mass is 9.44. The highest BCUT2D eigenvalue weighted by atomic mass is 15.2. The molecule has 58 heavy (non-hydrogen) atoms. The third-order valence-electron chi connectivity index (χ3n) is 13.0. The van der Waals surface area contributed by atoms with E-state index in [1.54, 1.807) is 0 Å². The predicted molar refractivity (Wildman–Crippen MR) is 250 cm³/mol. The van der Waals surface area contributed by atoms with Crippen LogP contribution < -0.4 is 15.8 Å². The molecule has 0 radical (unpaired) electrons. The van der Waals surface area contributed by atoms with Crippen molar-refractivity contribution in [1.82, 2.24) is 4.48 Å². The molecule has 1 aromatic heterocycles. The molecule has 0 unspecified atom stereocenters. The first-order valence-corrected chi connectivity index (χ1v) is 21.0. The lowest BCUT2D eigenvalue weighted by Gasteiger charge is -2.42. The first-order chi connectivity index (χ1) is 27.2. The largest absolute Gasteiger partial charge is 0.375 e. The molecule has 0 spiro atoms. The molecule has 0 amide bonds. The topological polar surface area (TPSA) is 32.0 Å². The summed E-state index contributed by atoms with van der Waals surface area (Å²) in [6.45, 7) is 30.1. The summed E-state index contributed by atoms with van der Waals surface area (Å²) in [4.78, 5) is 2.54. The average molecular weight is 758 g/mol. The van der Waals surface area contributed by atoms with Gasteiger partial charge in [-0.2, -0.15) is 5.26 Å². The summed E-state index contributed by atoms with van der Waals surface area (Å²) in [5, 5.41) is 12.4. The smallest absolute Gasteiger partial charge is 0.333 e. The van der Waals surface area contributed by atoms with Gasteiger partial charge in [-0.05, 0) is 145 Å². The van der Waals surface area contributed by atoms with Gasteiger partial charge in [0.15, 0.2) is 0 Å². The van der Waals surface area contributed by atoms with Gasteiger partial charge in [0.25, 0.3) is 0 Å². The Morgan fingerprint density at radius 3 is 1.71 bits per heavy atom. The minimum Gasteiger partial charge on any atom is -0.375 e. The van der Waals surface area contributed by atoms with Gasteiger partial charge in [-0.25, -0.2) is 0 Å². The van der Waals surface area contributed by atoms with Crippen LogP contribution in [0.4, 0.5) is 17.1 Å². The van der Waals surface area contributed by atoms with Crippen molar-refractivity contribution in [3.63, 3.8) is 0 Å². The molecule has 6 aromatic carbocycles. The zero-order valence-corrected chi connectivity index (χ0v) is 36.7. The summed E-state index contributed by atoms with van der Waals surface area (Å²) < 4.78 is 2.71. The molecule has 2 aliphatic heterocycles. The fraction of sp³-hybridized carbons (Fsp3) is 0.315. The number of aromatic nitrogens is 1. The van der Waals surface area contributed by atoms with Crippen molar-refractivity contribution in [2.75, 3.05) is 4.90 Å². The molecule has 9 rings (SSSR count). The number of nitriles is 1. The fourth-order valence-corrected chi connectivity index (χ4v) is 9.55. The van der Waals surface area contributed by atoms with E-state index >= 15 is 0 Å². The highest BCUT2D eigenvalue weighted by Gasteiger charge is 2.45. The van der Waals surface area contributed by atoms with Gasteiger partial charge < -0.3 is 9.38 Å². The second kappa shape index (κ2) is 12.5. The van der Waals surface area contributed by atoms with E-state index in [-0.39, 0.29) is 28.5 Å². The van der Waals surface area contributed by atoms with Crippen LogP contribution in [0.25, 0.3) is 44.1 Å². The van der Waals surface area contributed by atoms with E-state index in [0.29, 0.717) is 5.56 Å². The molecule has 2 aliphatic rings. The lowest BCUT2D eigenvalue weighted by molar-refractivity contribution is 0.590.